The lowest BCUT2D eigenvalue weighted by Crippen LogP contribution is -2.62. The van der Waals surface area contributed by atoms with Crippen LogP contribution in [0.4, 0.5) is 0 Å². The lowest BCUT2D eigenvalue weighted by Gasteiger charge is -2.50. The molecule has 5 heteroatoms. The van der Waals surface area contributed by atoms with Gasteiger partial charge < -0.3 is 5.32 Å². The Balaban J connectivity index is 0.00000147. The highest BCUT2D eigenvalue weighted by Crippen LogP contribution is 2.34. The van der Waals surface area contributed by atoms with Crippen LogP contribution >= 0.6 is 12.4 Å². The van der Waals surface area contributed by atoms with Gasteiger partial charge in [-0.3, -0.25) is 9.58 Å². The molecule has 20 heavy (non-hydrogen) atoms. The van der Waals surface area contributed by atoms with E-state index in [4.69, 9.17) is 0 Å². The summed E-state index contributed by atoms with van der Waals surface area (Å²) >= 11 is 0. The van der Waals surface area contributed by atoms with E-state index < -0.39 is 0 Å². The van der Waals surface area contributed by atoms with Crippen LogP contribution in [0.2, 0.25) is 0 Å². The van der Waals surface area contributed by atoms with E-state index >= 15 is 0 Å². The van der Waals surface area contributed by atoms with Crippen LogP contribution in [-0.2, 0) is 6.54 Å². The maximum atomic E-state index is 4.41. The molecule has 1 aromatic heterocycles. The van der Waals surface area contributed by atoms with Crippen molar-refractivity contribution in [2.45, 2.75) is 51.1 Å². The molecule has 1 aromatic rings. The normalized spacial score (nSPS) is 22.6. The van der Waals surface area contributed by atoms with Crippen LogP contribution in [0.5, 0.6) is 0 Å². The van der Waals surface area contributed by atoms with Crippen LogP contribution in [0.3, 0.4) is 0 Å². The summed E-state index contributed by atoms with van der Waals surface area (Å²) in [5.41, 5.74) is 1.70. The van der Waals surface area contributed by atoms with Gasteiger partial charge in [-0.25, -0.2) is 0 Å². The minimum absolute atomic E-state index is 0. The third-order valence-electron chi connectivity index (χ3n) is 4.83. The Kier molecular flexibility index (Phi) is 5.47. The van der Waals surface area contributed by atoms with Crippen molar-refractivity contribution in [2.75, 3.05) is 26.2 Å². The van der Waals surface area contributed by atoms with Gasteiger partial charge in [-0.15, -0.1) is 12.4 Å². The molecule has 0 aromatic carbocycles. The van der Waals surface area contributed by atoms with Crippen molar-refractivity contribution >= 4 is 12.4 Å². The molecular weight excluding hydrogens is 272 g/mol. The maximum Gasteiger partial charge on any atom is 0.0536 e. The highest BCUT2D eigenvalue weighted by atomic mass is 35.5. The van der Waals surface area contributed by atoms with Gasteiger partial charge in [-0.1, -0.05) is 19.3 Å². The fourth-order valence-electron chi connectivity index (χ4n) is 3.75. The molecule has 0 atom stereocenters. The van der Waals surface area contributed by atoms with Crippen LogP contribution in [0.25, 0.3) is 0 Å². The summed E-state index contributed by atoms with van der Waals surface area (Å²) in [5, 5.41) is 8.02. The fourth-order valence-corrected chi connectivity index (χ4v) is 3.75. The molecule has 114 valence electrons. The Morgan fingerprint density at radius 1 is 1.25 bits per heavy atom. The topological polar surface area (TPSA) is 33.1 Å². The first-order valence-electron chi connectivity index (χ1n) is 7.73. The van der Waals surface area contributed by atoms with Crippen molar-refractivity contribution in [3.8, 4) is 0 Å². The molecule has 1 spiro atoms. The molecule has 3 rings (SSSR count). The van der Waals surface area contributed by atoms with Crippen LogP contribution in [0.1, 0.15) is 37.7 Å². The highest BCUT2D eigenvalue weighted by Gasteiger charge is 2.39. The van der Waals surface area contributed by atoms with Gasteiger partial charge in [0.2, 0.25) is 0 Å². The monoisotopic (exact) mass is 298 g/mol. The SMILES string of the molecule is Cc1cnn(CCN2CCNCC23CCCCC3)c1.Cl. The van der Waals surface area contributed by atoms with Crippen molar-refractivity contribution in [2.24, 2.45) is 0 Å². The van der Waals surface area contributed by atoms with Gasteiger partial charge in [-0.05, 0) is 25.3 Å². The molecule has 1 saturated heterocycles. The van der Waals surface area contributed by atoms with Gasteiger partial charge in [-0.2, -0.15) is 5.10 Å². The Hall–Kier alpha value is -0.580. The van der Waals surface area contributed by atoms with Crippen LogP contribution in [0, 0.1) is 6.92 Å². The molecule has 1 aliphatic carbocycles. The average Bonchev–Trinajstić information content (AvgIpc) is 2.85. The number of nitrogens with one attached hydrogen (secondary N) is 1. The number of piperazine rings is 1. The van der Waals surface area contributed by atoms with Crippen molar-refractivity contribution in [3.05, 3.63) is 18.0 Å². The molecule has 2 fully saturated rings. The van der Waals surface area contributed by atoms with E-state index in [-0.39, 0.29) is 12.4 Å². The summed E-state index contributed by atoms with van der Waals surface area (Å²) in [5.74, 6) is 0. The van der Waals surface area contributed by atoms with Crippen molar-refractivity contribution < 1.29 is 0 Å². The summed E-state index contributed by atoms with van der Waals surface area (Å²) in [6.07, 6.45) is 11.1. The number of aryl methyl sites for hydroxylation is 1. The van der Waals surface area contributed by atoms with Crippen LogP contribution in [-0.4, -0.2) is 46.4 Å². The molecule has 0 amide bonds. The molecule has 0 radical (unpaired) electrons. The zero-order valence-electron chi connectivity index (χ0n) is 12.5. The number of halogens is 1. The lowest BCUT2D eigenvalue weighted by molar-refractivity contribution is 0.0243. The van der Waals surface area contributed by atoms with E-state index in [0.717, 1.165) is 19.6 Å². The molecule has 4 nitrogen and oxygen atoms in total. The average molecular weight is 299 g/mol. The smallest absolute Gasteiger partial charge is 0.0536 e. The lowest BCUT2D eigenvalue weighted by atomic mass is 9.79. The largest absolute Gasteiger partial charge is 0.314 e. The zero-order chi connectivity index (χ0) is 13.1. The van der Waals surface area contributed by atoms with Gasteiger partial charge in [0.15, 0.2) is 0 Å². The highest BCUT2D eigenvalue weighted by molar-refractivity contribution is 5.85. The first-order valence-corrected chi connectivity index (χ1v) is 7.73. The zero-order valence-corrected chi connectivity index (χ0v) is 13.3. The van der Waals surface area contributed by atoms with E-state index in [9.17, 15) is 0 Å². The second-order valence-electron chi connectivity index (χ2n) is 6.23. The fraction of sp³-hybridized carbons (Fsp3) is 0.800. The van der Waals surface area contributed by atoms with Gasteiger partial charge in [0.25, 0.3) is 0 Å². The minimum Gasteiger partial charge on any atom is -0.314 e. The van der Waals surface area contributed by atoms with E-state index in [0.29, 0.717) is 5.54 Å². The summed E-state index contributed by atoms with van der Waals surface area (Å²) in [6.45, 7) is 7.79. The number of rotatable bonds is 3. The predicted octanol–water partition coefficient (Wildman–Crippen LogP) is 2.22. The quantitative estimate of drug-likeness (QED) is 0.929. The van der Waals surface area contributed by atoms with Crippen molar-refractivity contribution in [3.63, 3.8) is 0 Å². The Labute approximate surface area is 128 Å². The minimum atomic E-state index is 0. The molecule has 1 saturated carbocycles. The Morgan fingerprint density at radius 3 is 2.75 bits per heavy atom. The number of nitrogens with zero attached hydrogens (tertiary/aromatic N) is 3. The van der Waals surface area contributed by atoms with Gasteiger partial charge in [0, 0.05) is 37.9 Å². The molecule has 2 heterocycles. The third kappa shape index (κ3) is 3.35. The van der Waals surface area contributed by atoms with E-state index in [1.54, 1.807) is 0 Å². The molecular formula is C15H27ClN4. The van der Waals surface area contributed by atoms with Gasteiger partial charge in [0.05, 0.1) is 12.7 Å². The summed E-state index contributed by atoms with van der Waals surface area (Å²) in [6, 6.07) is 0. The molecule has 2 aliphatic rings. The summed E-state index contributed by atoms with van der Waals surface area (Å²) < 4.78 is 2.09. The predicted molar refractivity (Wildman–Crippen MR) is 84.5 cm³/mol. The Morgan fingerprint density at radius 2 is 2.05 bits per heavy atom. The standard InChI is InChI=1S/C15H26N4.ClH/c1-14-11-17-19(12-14)10-9-18-8-7-16-13-15(18)5-3-2-4-6-15;/h11-12,16H,2-10,13H2,1H3;1H. The second kappa shape index (κ2) is 6.92. The summed E-state index contributed by atoms with van der Waals surface area (Å²) in [7, 11) is 0. The van der Waals surface area contributed by atoms with Crippen LogP contribution < -0.4 is 5.32 Å². The van der Waals surface area contributed by atoms with E-state index in [1.807, 2.05) is 6.20 Å². The van der Waals surface area contributed by atoms with Crippen LogP contribution in [0.15, 0.2) is 12.4 Å². The molecule has 0 bridgehead atoms. The molecule has 0 unspecified atom stereocenters. The third-order valence-corrected chi connectivity index (χ3v) is 4.83. The molecule has 1 N–H and O–H groups in total. The second-order valence-corrected chi connectivity index (χ2v) is 6.23. The first kappa shape index (κ1) is 15.8. The van der Waals surface area contributed by atoms with E-state index in [2.05, 4.69) is 33.1 Å². The van der Waals surface area contributed by atoms with Crippen molar-refractivity contribution in [1.82, 2.24) is 20.0 Å². The van der Waals surface area contributed by atoms with Gasteiger partial charge in [0.1, 0.15) is 0 Å². The Bertz CT molecular complexity index is 403. The number of hydrogen-bond donors (Lipinski definition) is 1. The van der Waals surface area contributed by atoms with Crippen molar-refractivity contribution in [1.29, 1.82) is 0 Å². The summed E-state index contributed by atoms with van der Waals surface area (Å²) in [4.78, 5) is 2.74. The van der Waals surface area contributed by atoms with E-state index in [1.165, 1.54) is 50.8 Å². The van der Waals surface area contributed by atoms with Gasteiger partial charge >= 0.3 is 0 Å². The molecule has 1 aliphatic heterocycles. The first-order chi connectivity index (χ1) is 9.28. The number of aromatic nitrogens is 2. The number of hydrogen-bond acceptors (Lipinski definition) is 3. The maximum absolute atomic E-state index is 4.41.